The molecule has 2 amide bonds. The van der Waals surface area contributed by atoms with Crippen LogP contribution >= 0.6 is 0 Å². The Kier molecular flexibility index (Phi) is 7.82. The van der Waals surface area contributed by atoms with Gasteiger partial charge in [0.15, 0.2) is 5.96 Å². The maximum absolute atomic E-state index is 12.1. The summed E-state index contributed by atoms with van der Waals surface area (Å²) in [5, 5.41) is 16.3. The fraction of sp³-hybridized carbons (Fsp3) is 0.429. The molecule has 1 aliphatic carbocycles. The van der Waals surface area contributed by atoms with Gasteiger partial charge in [-0.25, -0.2) is 4.99 Å². The van der Waals surface area contributed by atoms with Crippen molar-refractivity contribution in [3.8, 4) is 0 Å². The van der Waals surface area contributed by atoms with Crippen LogP contribution < -0.4 is 21.3 Å². The number of aromatic nitrogens is 2. The zero-order valence-corrected chi connectivity index (χ0v) is 17.2. The Hall–Kier alpha value is -3.36. The Balaban J connectivity index is 1.47. The van der Waals surface area contributed by atoms with Crippen LogP contribution in [0, 0.1) is 5.92 Å². The first-order valence-corrected chi connectivity index (χ1v) is 10.3. The lowest BCUT2D eigenvalue weighted by molar-refractivity contribution is -0.122. The van der Waals surface area contributed by atoms with Crippen LogP contribution in [0.25, 0.3) is 0 Å². The van der Waals surface area contributed by atoms with Crippen molar-refractivity contribution in [1.29, 1.82) is 0 Å². The molecule has 30 heavy (non-hydrogen) atoms. The van der Waals surface area contributed by atoms with Gasteiger partial charge in [0, 0.05) is 43.6 Å². The van der Waals surface area contributed by atoms with Gasteiger partial charge in [-0.2, -0.15) is 5.10 Å². The summed E-state index contributed by atoms with van der Waals surface area (Å²) in [4.78, 5) is 28.4. The number of amides is 2. The molecule has 1 saturated carbocycles. The fourth-order valence-electron chi connectivity index (χ4n) is 2.86. The number of carbonyl (C=O) groups is 2. The topological polar surface area (TPSA) is 112 Å². The molecule has 2 aromatic rings. The Bertz CT molecular complexity index is 860. The summed E-state index contributed by atoms with van der Waals surface area (Å²) in [5.41, 5.74) is 1.70. The summed E-state index contributed by atoms with van der Waals surface area (Å²) in [5.74, 6) is 0.915. The first-order chi connectivity index (χ1) is 14.6. The molecular formula is C21H29N7O2. The van der Waals surface area contributed by atoms with Gasteiger partial charge in [-0.15, -0.1) is 0 Å². The number of rotatable bonds is 10. The first kappa shape index (κ1) is 21.4. The second-order valence-corrected chi connectivity index (χ2v) is 7.14. The van der Waals surface area contributed by atoms with Crippen molar-refractivity contribution in [2.24, 2.45) is 10.9 Å². The van der Waals surface area contributed by atoms with E-state index < -0.39 is 0 Å². The lowest BCUT2D eigenvalue weighted by Crippen LogP contribution is -2.41. The molecule has 1 aromatic heterocycles. The van der Waals surface area contributed by atoms with Crippen LogP contribution in [0.3, 0.4) is 0 Å². The SMILES string of the molecule is CCNC(=NCc1cccc(NC(=O)Cn2cccn2)c1)NCCNC(=O)C1CC1. The fourth-order valence-corrected chi connectivity index (χ4v) is 2.86. The zero-order valence-electron chi connectivity index (χ0n) is 17.2. The van der Waals surface area contributed by atoms with Gasteiger partial charge in [0.1, 0.15) is 6.54 Å². The first-order valence-electron chi connectivity index (χ1n) is 10.3. The summed E-state index contributed by atoms with van der Waals surface area (Å²) < 4.78 is 1.57. The second kappa shape index (κ2) is 11.0. The van der Waals surface area contributed by atoms with E-state index in [4.69, 9.17) is 0 Å². The van der Waals surface area contributed by atoms with Gasteiger partial charge in [-0.1, -0.05) is 12.1 Å². The number of nitrogens with one attached hydrogen (secondary N) is 4. The van der Waals surface area contributed by atoms with Gasteiger partial charge >= 0.3 is 0 Å². The van der Waals surface area contributed by atoms with Gasteiger partial charge in [-0.3, -0.25) is 14.3 Å². The number of benzene rings is 1. The van der Waals surface area contributed by atoms with E-state index >= 15 is 0 Å². The third-order valence-electron chi connectivity index (χ3n) is 4.50. The van der Waals surface area contributed by atoms with E-state index in [0.717, 1.165) is 30.6 Å². The molecule has 9 nitrogen and oxygen atoms in total. The van der Waals surface area contributed by atoms with E-state index in [1.54, 1.807) is 23.1 Å². The zero-order chi connectivity index (χ0) is 21.2. The highest BCUT2D eigenvalue weighted by Crippen LogP contribution is 2.28. The molecule has 1 aromatic carbocycles. The van der Waals surface area contributed by atoms with Crippen molar-refractivity contribution in [3.05, 3.63) is 48.3 Å². The van der Waals surface area contributed by atoms with Crippen LogP contribution in [0.4, 0.5) is 5.69 Å². The van der Waals surface area contributed by atoms with Gasteiger partial charge in [0.2, 0.25) is 11.8 Å². The number of nitrogens with zero attached hydrogens (tertiary/aromatic N) is 3. The standard InChI is InChI=1S/C21H29N7O2/c1-2-22-21(24-11-10-23-20(30)17-7-8-17)25-14-16-5-3-6-18(13-16)27-19(29)15-28-12-4-9-26-28/h3-6,9,12-13,17H,2,7-8,10-11,14-15H2,1H3,(H,23,30)(H,27,29)(H2,22,24,25). The highest BCUT2D eigenvalue weighted by atomic mass is 16.2. The molecule has 9 heteroatoms. The van der Waals surface area contributed by atoms with Crippen LogP contribution in [0.2, 0.25) is 0 Å². The Morgan fingerprint density at radius 3 is 2.73 bits per heavy atom. The quantitative estimate of drug-likeness (QED) is 0.266. The van der Waals surface area contributed by atoms with E-state index in [9.17, 15) is 9.59 Å². The van der Waals surface area contributed by atoms with Crippen LogP contribution in [-0.2, 0) is 22.7 Å². The number of hydrogen-bond donors (Lipinski definition) is 4. The molecule has 0 aliphatic heterocycles. The maximum atomic E-state index is 12.1. The smallest absolute Gasteiger partial charge is 0.246 e. The molecule has 4 N–H and O–H groups in total. The average Bonchev–Trinajstić information content (AvgIpc) is 3.47. The van der Waals surface area contributed by atoms with Crippen molar-refractivity contribution in [3.63, 3.8) is 0 Å². The third-order valence-corrected chi connectivity index (χ3v) is 4.50. The number of hydrogen-bond acceptors (Lipinski definition) is 4. The summed E-state index contributed by atoms with van der Waals surface area (Å²) in [6.07, 6.45) is 5.40. The summed E-state index contributed by atoms with van der Waals surface area (Å²) in [7, 11) is 0. The van der Waals surface area contributed by atoms with Crippen LogP contribution in [0.15, 0.2) is 47.7 Å². The Morgan fingerprint density at radius 2 is 2.00 bits per heavy atom. The van der Waals surface area contributed by atoms with Crippen molar-refractivity contribution in [2.75, 3.05) is 25.0 Å². The lowest BCUT2D eigenvalue weighted by Gasteiger charge is -2.12. The third kappa shape index (κ3) is 7.23. The van der Waals surface area contributed by atoms with Gasteiger partial charge < -0.3 is 21.3 Å². The van der Waals surface area contributed by atoms with Gasteiger partial charge in [0.25, 0.3) is 0 Å². The molecule has 3 rings (SSSR count). The highest BCUT2D eigenvalue weighted by Gasteiger charge is 2.28. The minimum Gasteiger partial charge on any atom is -0.357 e. The second-order valence-electron chi connectivity index (χ2n) is 7.14. The maximum Gasteiger partial charge on any atom is 0.246 e. The molecule has 0 unspecified atom stereocenters. The van der Waals surface area contributed by atoms with E-state index in [-0.39, 0.29) is 24.3 Å². The van der Waals surface area contributed by atoms with E-state index in [1.165, 1.54) is 0 Å². The molecule has 1 heterocycles. The van der Waals surface area contributed by atoms with Crippen molar-refractivity contribution in [1.82, 2.24) is 25.7 Å². The van der Waals surface area contributed by atoms with Crippen molar-refractivity contribution in [2.45, 2.75) is 32.9 Å². The number of anilines is 1. The monoisotopic (exact) mass is 411 g/mol. The Morgan fingerprint density at radius 1 is 1.17 bits per heavy atom. The molecule has 1 fully saturated rings. The normalized spacial score (nSPS) is 13.6. The highest BCUT2D eigenvalue weighted by molar-refractivity contribution is 5.90. The number of carbonyl (C=O) groups excluding carboxylic acids is 2. The molecule has 0 saturated heterocycles. The molecular weight excluding hydrogens is 382 g/mol. The van der Waals surface area contributed by atoms with Crippen molar-refractivity contribution < 1.29 is 9.59 Å². The minimum atomic E-state index is -0.136. The van der Waals surface area contributed by atoms with E-state index in [2.05, 4.69) is 31.4 Å². The van der Waals surface area contributed by atoms with Crippen molar-refractivity contribution >= 4 is 23.5 Å². The summed E-state index contributed by atoms with van der Waals surface area (Å²) >= 11 is 0. The predicted molar refractivity (Wildman–Crippen MR) is 116 cm³/mol. The molecule has 0 bridgehead atoms. The molecule has 0 spiro atoms. The molecule has 1 aliphatic rings. The number of aliphatic imine (C=N–C) groups is 1. The van der Waals surface area contributed by atoms with E-state index in [1.807, 2.05) is 31.2 Å². The van der Waals surface area contributed by atoms with Gasteiger partial charge in [-0.05, 0) is 43.5 Å². The summed E-state index contributed by atoms with van der Waals surface area (Å²) in [6, 6.07) is 9.39. The van der Waals surface area contributed by atoms with Crippen LogP contribution in [-0.4, -0.2) is 47.2 Å². The molecule has 160 valence electrons. The lowest BCUT2D eigenvalue weighted by atomic mass is 10.2. The largest absolute Gasteiger partial charge is 0.357 e. The minimum absolute atomic E-state index is 0.136. The predicted octanol–water partition coefficient (Wildman–Crippen LogP) is 1.10. The number of guanidine groups is 1. The Labute approximate surface area is 176 Å². The average molecular weight is 412 g/mol. The van der Waals surface area contributed by atoms with Crippen LogP contribution in [0.1, 0.15) is 25.3 Å². The van der Waals surface area contributed by atoms with Gasteiger partial charge in [0.05, 0.1) is 6.54 Å². The molecule has 0 radical (unpaired) electrons. The van der Waals surface area contributed by atoms with E-state index in [0.29, 0.717) is 25.6 Å². The van der Waals surface area contributed by atoms with Crippen LogP contribution in [0.5, 0.6) is 0 Å². The summed E-state index contributed by atoms with van der Waals surface area (Å²) in [6.45, 7) is 4.55. The molecule has 0 atom stereocenters.